The molecule has 0 bridgehead atoms. The molecule has 0 aliphatic carbocycles. The Morgan fingerprint density at radius 1 is 1.10 bits per heavy atom. The number of aromatic nitrogens is 1. The second-order valence-corrected chi connectivity index (χ2v) is 5.31. The minimum atomic E-state index is -0.256. The molecule has 0 aliphatic heterocycles. The van der Waals surface area contributed by atoms with Crippen molar-refractivity contribution in [1.82, 2.24) is 4.98 Å². The Hall–Kier alpha value is -2.26. The van der Waals surface area contributed by atoms with E-state index in [4.69, 9.17) is 5.73 Å². The molecule has 0 amide bonds. The molecule has 3 heteroatoms. The van der Waals surface area contributed by atoms with Crippen molar-refractivity contribution in [3.05, 3.63) is 77.2 Å². The number of fused-ring (bicyclic) bond motifs is 1. The van der Waals surface area contributed by atoms with Gasteiger partial charge in [0.1, 0.15) is 5.82 Å². The number of rotatable bonds is 3. The molecule has 21 heavy (non-hydrogen) atoms. The number of nitrogens with zero attached hydrogens (tertiary/aromatic N) is 1. The summed E-state index contributed by atoms with van der Waals surface area (Å²) in [6.45, 7) is 1.75. The summed E-state index contributed by atoms with van der Waals surface area (Å²) in [6, 6.07) is 16.9. The van der Waals surface area contributed by atoms with Gasteiger partial charge in [-0.3, -0.25) is 4.98 Å². The van der Waals surface area contributed by atoms with Crippen LogP contribution in [0.4, 0.5) is 4.39 Å². The van der Waals surface area contributed by atoms with Crippen molar-refractivity contribution in [2.45, 2.75) is 19.4 Å². The van der Waals surface area contributed by atoms with Crippen LogP contribution in [-0.2, 0) is 6.42 Å². The fraction of sp³-hybridized carbons (Fsp3) is 0.167. The summed E-state index contributed by atoms with van der Waals surface area (Å²) in [5.41, 5.74) is 9.49. The van der Waals surface area contributed by atoms with Gasteiger partial charge in [0.25, 0.3) is 0 Å². The van der Waals surface area contributed by atoms with E-state index >= 15 is 0 Å². The van der Waals surface area contributed by atoms with Gasteiger partial charge < -0.3 is 5.73 Å². The fourth-order valence-electron chi connectivity index (χ4n) is 2.40. The predicted molar refractivity (Wildman–Crippen MR) is 83.5 cm³/mol. The quantitative estimate of drug-likeness (QED) is 0.789. The van der Waals surface area contributed by atoms with Crippen LogP contribution in [0.1, 0.15) is 22.9 Å². The van der Waals surface area contributed by atoms with E-state index in [1.807, 2.05) is 42.5 Å². The molecule has 3 aromatic rings. The molecule has 0 saturated heterocycles. The highest BCUT2D eigenvalue weighted by atomic mass is 19.1. The first-order valence-electron chi connectivity index (χ1n) is 7.00. The standard InChI is InChI=1S/C18H17FN2/c1-12-6-7-14(10-16(12)19)17(20)11-15-9-8-13-4-2-3-5-18(13)21-15/h2-10,17H,11,20H2,1H3. The fourth-order valence-corrected chi connectivity index (χ4v) is 2.40. The molecule has 1 atom stereocenters. The Bertz CT molecular complexity index is 783. The monoisotopic (exact) mass is 280 g/mol. The summed E-state index contributed by atoms with van der Waals surface area (Å²) in [4.78, 5) is 4.61. The second kappa shape index (κ2) is 5.62. The maximum Gasteiger partial charge on any atom is 0.126 e. The minimum absolute atomic E-state index is 0.213. The van der Waals surface area contributed by atoms with E-state index in [0.29, 0.717) is 12.0 Å². The minimum Gasteiger partial charge on any atom is -0.324 e. The highest BCUT2D eigenvalue weighted by Gasteiger charge is 2.10. The predicted octanol–water partition coefficient (Wildman–Crippen LogP) is 3.92. The maximum atomic E-state index is 13.6. The number of hydrogen-bond acceptors (Lipinski definition) is 2. The SMILES string of the molecule is Cc1ccc(C(N)Cc2ccc3ccccc3n2)cc1F. The lowest BCUT2D eigenvalue weighted by Crippen LogP contribution is -2.14. The van der Waals surface area contributed by atoms with Crippen LogP contribution >= 0.6 is 0 Å². The summed E-state index contributed by atoms with van der Waals surface area (Å²) in [7, 11) is 0. The van der Waals surface area contributed by atoms with Crippen molar-refractivity contribution >= 4 is 10.9 Å². The molecule has 1 heterocycles. The number of aryl methyl sites for hydroxylation is 1. The number of halogens is 1. The van der Waals surface area contributed by atoms with E-state index in [0.717, 1.165) is 22.2 Å². The Balaban J connectivity index is 1.85. The third kappa shape index (κ3) is 2.93. The Morgan fingerprint density at radius 2 is 1.90 bits per heavy atom. The summed E-state index contributed by atoms with van der Waals surface area (Å²) in [6.07, 6.45) is 0.591. The lowest BCUT2D eigenvalue weighted by molar-refractivity contribution is 0.609. The molecule has 1 aromatic heterocycles. The zero-order valence-electron chi connectivity index (χ0n) is 11.9. The third-order valence-corrected chi connectivity index (χ3v) is 3.71. The van der Waals surface area contributed by atoms with Crippen molar-refractivity contribution in [3.8, 4) is 0 Å². The molecule has 0 radical (unpaired) electrons. The van der Waals surface area contributed by atoms with Crippen LogP contribution in [0.25, 0.3) is 10.9 Å². The molecular weight excluding hydrogens is 263 g/mol. The van der Waals surface area contributed by atoms with Crippen molar-refractivity contribution < 1.29 is 4.39 Å². The second-order valence-electron chi connectivity index (χ2n) is 5.31. The Morgan fingerprint density at radius 3 is 2.71 bits per heavy atom. The average molecular weight is 280 g/mol. The number of pyridine rings is 1. The zero-order valence-corrected chi connectivity index (χ0v) is 11.9. The van der Waals surface area contributed by atoms with Gasteiger partial charge in [0.2, 0.25) is 0 Å². The van der Waals surface area contributed by atoms with Gasteiger partial charge in [-0.15, -0.1) is 0 Å². The first kappa shape index (κ1) is 13.7. The number of benzene rings is 2. The summed E-state index contributed by atoms with van der Waals surface area (Å²) < 4.78 is 13.6. The molecule has 106 valence electrons. The first-order chi connectivity index (χ1) is 10.1. The van der Waals surface area contributed by atoms with E-state index in [9.17, 15) is 4.39 Å². The Kier molecular flexibility index (Phi) is 3.67. The molecule has 0 saturated carbocycles. The highest BCUT2D eigenvalue weighted by molar-refractivity contribution is 5.78. The molecule has 3 rings (SSSR count). The van der Waals surface area contributed by atoms with Crippen molar-refractivity contribution in [1.29, 1.82) is 0 Å². The van der Waals surface area contributed by atoms with Crippen LogP contribution in [0.2, 0.25) is 0 Å². The average Bonchev–Trinajstić information content (AvgIpc) is 2.50. The molecule has 0 fully saturated rings. The zero-order chi connectivity index (χ0) is 14.8. The van der Waals surface area contributed by atoms with Gasteiger partial charge >= 0.3 is 0 Å². The van der Waals surface area contributed by atoms with Gasteiger partial charge in [-0.2, -0.15) is 0 Å². The first-order valence-corrected chi connectivity index (χ1v) is 7.00. The van der Waals surface area contributed by atoms with Crippen LogP contribution in [0.15, 0.2) is 54.6 Å². The van der Waals surface area contributed by atoms with E-state index in [2.05, 4.69) is 4.98 Å². The van der Waals surface area contributed by atoms with Crippen LogP contribution < -0.4 is 5.73 Å². The number of para-hydroxylation sites is 1. The highest BCUT2D eigenvalue weighted by Crippen LogP contribution is 2.19. The van der Waals surface area contributed by atoms with Crippen LogP contribution in [0.5, 0.6) is 0 Å². The van der Waals surface area contributed by atoms with Gasteiger partial charge in [-0.05, 0) is 36.2 Å². The molecule has 2 N–H and O–H groups in total. The number of nitrogens with two attached hydrogens (primary N) is 1. The van der Waals surface area contributed by atoms with Crippen LogP contribution in [-0.4, -0.2) is 4.98 Å². The van der Waals surface area contributed by atoms with Gasteiger partial charge in [-0.25, -0.2) is 4.39 Å². The van der Waals surface area contributed by atoms with Crippen LogP contribution in [0, 0.1) is 12.7 Å². The lowest BCUT2D eigenvalue weighted by Gasteiger charge is -2.13. The molecule has 0 spiro atoms. The molecule has 2 nitrogen and oxygen atoms in total. The largest absolute Gasteiger partial charge is 0.324 e. The molecular formula is C18H17FN2. The number of hydrogen-bond donors (Lipinski definition) is 1. The van der Waals surface area contributed by atoms with E-state index in [-0.39, 0.29) is 11.9 Å². The topological polar surface area (TPSA) is 38.9 Å². The van der Waals surface area contributed by atoms with Crippen LogP contribution in [0.3, 0.4) is 0 Å². The third-order valence-electron chi connectivity index (χ3n) is 3.71. The Labute approximate surface area is 123 Å². The van der Waals surface area contributed by atoms with E-state index in [1.165, 1.54) is 6.07 Å². The molecule has 0 aliphatic rings. The summed E-state index contributed by atoms with van der Waals surface area (Å²) >= 11 is 0. The van der Waals surface area contributed by atoms with Gasteiger partial charge in [-0.1, -0.05) is 36.4 Å². The molecule has 2 aromatic carbocycles. The van der Waals surface area contributed by atoms with Crippen molar-refractivity contribution in [3.63, 3.8) is 0 Å². The maximum absolute atomic E-state index is 13.6. The summed E-state index contributed by atoms with van der Waals surface area (Å²) in [5, 5.41) is 1.11. The van der Waals surface area contributed by atoms with Crippen molar-refractivity contribution in [2.24, 2.45) is 5.73 Å². The van der Waals surface area contributed by atoms with Gasteiger partial charge in [0, 0.05) is 23.5 Å². The van der Waals surface area contributed by atoms with E-state index in [1.54, 1.807) is 13.0 Å². The smallest absolute Gasteiger partial charge is 0.126 e. The summed E-state index contributed by atoms with van der Waals surface area (Å²) in [5.74, 6) is -0.213. The normalized spacial score (nSPS) is 12.5. The van der Waals surface area contributed by atoms with Gasteiger partial charge in [0.05, 0.1) is 5.52 Å². The van der Waals surface area contributed by atoms with E-state index < -0.39 is 0 Å². The molecule has 1 unspecified atom stereocenters. The van der Waals surface area contributed by atoms with Gasteiger partial charge in [0.15, 0.2) is 0 Å². The lowest BCUT2D eigenvalue weighted by atomic mass is 10.0. The van der Waals surface area contributed by atoms with Crippen molar-refractivity contribution in [2.75, 3.05) is 0 Å².